The minimum absolute atomic E-state index is 0.0436. The van der Waals surface area contributed by atoms with Crippen LogP contribution in [0, 0.1) is 31.6 Å². The molecule has 2 bridgehead atoms. The van der Waals surface area contributed by atoms with Crippen LogP contribution in [0.5, 0.6) is 0 Å². The van der Waals surface area contributed by atoms with E-state index in [4.69, 9.17) is 0 Å². The number of nitrogens with one attached hydrogen (secondary N) is 1. The molecule has 2 saturated carbocycles. The average Bonchev–Trinajstić information content (AvgIpc) is 2.89. The Balaban J connectivity index is 1.59. The van der Waals surface area contributed by atoms with Crippen LogP contribution < -0.4 is 5.32 Å². The molecule has 3 heteroatoms. The third kappa shape index (κ3) is 3.55. The van der Waals surface area contributed by atoms with Gasteiger partial charge in [0.15, 0.2) is 0 Å². The van der Waals surface area contributed by atoms with Gasteiger partial charge in [-0.15, -0.1) is 0 Å². The summed E-state index contributed by atoms with van der Waals surface area (Å²) in [6.45, 7) is 4.21. The Hall–Kier alpha value is -2.42. The van der Waals surface area contributed by atoms with Crippen LogP contribution in [0.1, 0.15) is 54.0 Å². The van der Waals surface area contributed by atoms with Gasteiger partial charge in [-0.1, -0.05) is 48.5 Å². The maximum Gasteiger partial charge on any atom is 0.223 e. The lowest BCUT2D eigenvalue weighted by molar-refractivity contribution is -0.132. The maximum absolute atomic E-state index is 13.1. The summed E-state index contributed by atoms with van der Waals surface area (Å²) in [5.41, 5.74) is 4.67. The first-order valence-electron chi connectivity index (χ1n) is 9.99. The number of carbonyl (C=O) groups excluding carboxylic acids is 2. The van der Waals surface area contributed by atoms with Gasteiger partial charge < -0.3 is 5.32 Å². The van der Waals surface area contributed by atoms with Crippen LogP contribution in [0.25, 0.3) is 0 Å². The zero-order valence-electron chi connectivity index (χ0n) is 16.1. The molecule has 2 aromatic carbocycles. The van der Waals surface area contributed by atoms with Gasteiger partial charge in [-0.3, -0.25) is 9.59 Å². The van der Waals surface area contributed by atoms with Crippen molar-refractivity contribution in [3.05, 3.63) is 70.8 Å². The molecule has 3 atom stereocenters. The molecule has 140 valence electrons. The summed E-state index contributed by atoms with van der Waals surface area (Å²) in [5, 5.41) is 3.30. The number of benzene rings is 2. The monoisotopic (exact) mass is 361 g/mol. The molecule has 2 aliphatic carbocycles. The number of rotatable bonds is 4. The van der Waals surface area contributed by atoms with Crippen molar-refractivity contribution in [2.45, 2.75) is 45.6 Å². The Labute approximate surface area is 161 Å². The van der Waals surface area contributed by atoms with Crippen molar-refractivity contribution in [3.8, 4) is 0 Å². The van der Waals surface area contributed by atoms with Gasteiger partial charge in [-0.2, -0.15) is 0 Å². The van der Waals surface area contributed by atoms with Crippen LogP contribution in [0.4, 0.5) is 0 Å². The fourth-order valence-electron chi connectivity index (χ4n) is 4.69. The lowest BCUT2D eigenvalue weighted by atomic mass is 9.79. The van der Waals surface area contributed by atoms with E-state index >= 15 is 0 Å². The predicted octanol–water partition coefficient (Wildman–Crippen LogP) is 4.51. The highest BCUT2D eigenvalue weighted by atomic mass is 16.2. The Bertz CT molecular complexity index is 842. The molecule has 1 amide bonds. The molecule has 0 aromatic heterocycles. The molecule has 3 nitrogen and oxygen atoms in total. The molecule has 0 heterocycles. The normalized spacial score (nSPS) is 25.3. The zero-order valence-corrected chi connectivity index (χ0v) is 16.1. The zero-order chi connectivity index (χ0) is 19.0. The standard InChI is InChI=1S/C24H27NO2/c1-15-8-9-18(12-16(15)2)22(17-6-4-3-5-7-17)25-24(27)21-13-19-10-11-20(14-21)23(19)26/h3-9,12,19-22H,10-11,13-14H2,1-2H3,(H,25,27). The molecule has 2 aromatic rings. The first-order valence-corrected chi connectivity index (χ1v) is 9.99. The van der Waals surface area contributed by atoms with Crippen LogP contribution in [-0.2, 0) is 9.59 Å². The molecule has 0 aliphatic heterocycles. The number of Topliss-reactive ketones (excluding diaryl/α,β-unsaturated/α-hetero) is 1. The number of ketones is 1. The van der Waals surface area contributed by atoms with E-state index in [1.54, 1.807) is 0 Å². The maximum atomic E-state index is 13.1. The van der Waals surface area contributed by atoms with Crippen molar-refractivity contribution in [3.63, 3.8) is 0 Å². The number of hydrogen-bond donors (Lipinski definition) is 1. The van der Waals surface area contributed by atoms with Crippen LogP contribution >= 0.6 is 0 Å². The van der Waals surface area contributed by atoms with Crippen molar-refractivity contribution in [2.24, 2.45) is 17.8 Å². The Morgan fingerprint density at radius 3 is 2.22 bits per heavy atom. The van der Waals surface area contributed by atoms with E-state index in [-0.39, 0.29) is 29.7 Å². The highest BCUT2D eigenvalue weighted by Gasteiger charge is 2.43. The summed E-state index contributed by atoms with van der Waals surface area (Å²) < 4.78 is 0. The Morgan fingerprint density at radius 1 is 0.926 bits per heavy atom. The predicted molar refractivity (Wildman–Crippen MR) is 106 cm³/mol. The van der Waals surface area contributed by atoms with Crippen LogP contribution in [0.15, 0.2) is 48.5 Å². The highest BCUT2D eigenvalue weighted by molar-refractivity contribution is 5.89. The largest absolute Gasteiger partial charge is 0.345 e. The Morgan fingerprint density at radius 2 is 1.59 bits per heavy atom. The molecule has 0 saturated heterocycles. The highest BCUT2D eigenvalue weighted by Crippen LogP contribution is 2.42. The van der Waals surface area contributed by atoms with Gasteiger partial charge in [0.25, 0.3) is 0 Å². The van der Waals surface area contributed by atoms with Crippen molar-refractivity contribution < 1.29 is 9.59 Å². The average molecular weight is 361 g/mol. The van der Waals surface area contributed by atoms with Gasteiger partial charge in [0.2, 0.25) is 5.91 Å². The summed E-state index contributed by atoms with van der Waals surface area (Å²) in [6.07, 6.45) is 3.37. The van der Waals surface area contributed by atoms with Gasteiger partial charge in [0, 0.05) is 17.8 Å². The van der Waals surface area contributed by atoms with Crippen LogP contribution in [-0.4, -0.2) is 11.7 Å². The van der Waals surface area contributed by atoms with E-state index in [0.717, 1.165) is 36.8 Å². The summed E-state index contributed by atoms with van der Waals surface area (Å²) in [6, 6.07) is 16.4. The molecule has 3 unspecified atom stereocenters. The smallest absolute Gasteiger partial charge is 0.223 e. The van der Waals surface area contributed by atoms with Gasteiger partial charge in [0.05, 0.1) is 6.04 Å². The van der Waals surface area contributed by atoms with Crippen molar-refractivity contribution in [1.29, 1.82) is 0 Å². The number of carbonyl (C=O) groups is 2. The van der Waals surface area contributed by atoms with Gasteiger partial charge in [-0.25, -0.2) is 0 Å². The van der Waals surface area contributed by atoms with Crippen LogP contribution in [0.2, 0.25) is 0 Å². The van der Waals surface area contributed by atoms with Crippen LogP contribution in [0.3, 0.4) is 0 Å². The summed E-state index contributed by atoms with van der Waals surface area (Å²) in [5.74, 6) is 0.657. The molecule has 2 fully saturated rings. The number of hydrogen-bond acceptors (Lipinski definition) is 2. The number of aryl methyl sites for hydroxylation is 2. The van der Waals surface area contributed by atoms with Gasteiger partial charge in [0.1, 0.15) is 5.78 Å². The van der Waals surface area contributed by atoms with E-state index in [1.165, 1.54) is 11.1 Å². The lowest BCUT2D eigenvalue weighted by Gasteiger charge is -2.28. The second-order valence-corrected chi connectivity index (χ2v) is 8.24. The summed E-state index contributed by atoms with van der Waals surface area (Å²) >= 11 is 0. The number of amides is 1. The van der Waals surface area contributed by atoms with Gasteiger partial charge in [-0.05, 0) is 61.8 Å². The Kier molecular flexibility index (Phi) is 4.86. The second kappa shape index (κ2) is 7.30. The minimum atomic E-state index is -0.159. The van der Waals surface area contributed by atoms with E-state index in [0.29, 0.717) is 5.78 Å². The topological polar surface area (TPSA) is 46.2 Å². The second-order valence-electron chi connectivity index (χ2n) is 8.24. The number of fused-ring (bicyclic) bond motifs is 2. The molecule has 1 N–H and O–H groups in total. The fourth-order valence-corrected chi connectivity index (χ4v) is 4.69. The molecular formula is C24H27NO2. The molecule has 27 heavy (non-hydrogen) atoms. The first kappa shape index (κ1) is 18.0. The van der Waals surface area contributed by atoms with E-state index in [9.17, 15) is 9.59 Å². The minimum Gasteiger partial charge on any atom is -0.345 e. The molecule has 0 radical (unpaired) electrons. The molecule has 2 aliphatic rings. The quantitative estimate of drug-likeness (QED) is 0.871. The third-order valence-electron chi connectivity index (χ3n) is 6.46. The van der Waals surface area contributed by atoms with Crippen molar-refractivity contribution in [1.82, 2.24) is 5.32 Å². The lowest BCUT2D eigenvalue weighted by Crippen LogP contribution is -2.39. The van der Waals surface area contributed by atoms with E-state index in [1.807, 2.05) is 18.2 Å². The van der Waals surface area contributed by atoms with E-state index in [2.05, 4.69) is 49.5 Å². The molecule has 4 rings (SSSR count). The molecular weight excluding hydrogens is 334 g/mol. The van der Waals surface area contributed by atoms with Crippen molar-refractivity contribution >= 4 is 11.7 Å². The third-order valence-corrected chi connectivity index (χ3v) is 6.46. The summed E-state index contributed by atoms with van der Waals surface area (Å²) in [7, 11) is 0. The molecule has 0 spiro atoms. The fraction of sp³-hybridized carbons (Fsp3) is 0.417. The SMILES string of the molecule is Cc1ccc(C(NC(=O)C2CC3CCC(C2)C3=O)c2ccccc2)cc1C. The van der Waals surface area contributed by atoms with Gasteiger partial charge >= 0.3 is 0 Å². The summed E-state index contributed by atoms with van der Waals surface area (Å²) in [4.78, 5) is 25.3. The van der Waals surface area contributed by atoms with E-state index < -0.39 is 0 Å². The first-order chi connectivity index (χ1) is 13.0. The van der Waals surface area contributed by atoms with Crippen molar-refractivity contribution in [2.75, 3.05) is 0 Å².